The van der Waals surface area contributed by atoms with Gasteiger partial charge in [-0.25, -0.2) is 17.8 Å². The van der Waals surface area contributed by atoms with Gasteiger partial charge in [0, 0.05) is 23.7 Å². The number of hydrogen-bond acceptors (Lipinski definition) is 6. The average Bonchev–Trinajstić information content (AvgIpc) is 2.90. The molecule has 1 aromatic heterocycles. The highest BCUT2D eigenvalue weighted by Crippen LogP contribution is 2.35. The van der Waals surface area contributed by atoms with E-state index in [1.54, 1.807) is 13.1 Å². The van der Waals surface area contributed by atoms with Crippen molar-refractivity contribution < 1.29 is 22.7 Å². The number of fused-ring (bicyclic) bond motifs is 1. The second kappa shape index (κ2) is 5.56. The first-order valence-corrected chi connectivity index (χ1v) is 8.93. The summed E-state index contributed by atoms with van der Waals surface area (Å²) in [5.41, 5.74) is -0.755. The number of sulfonamides is 1. The Hall–Kier alpha value is -2.46. The Balaban J connectivity index is 2.11. The minimum absolute atomic E-state index is 0.256. The number of aromatic nitrogens is 1. The van der Waals surface area contributed by atoms with E-state index >= 15 is 0 Å². The van der Waals surface area contributed by atoms with Crippen LogP contribution in [-0.2, 0) is 14.8 Å². The van der Waals surface area contributed by atoms with E-state index < -0.39 is 33.2 Å². The molecule has 0 saturated heterocycles. The SMILES string of the molecule is Cc1cnc(NC(=O)C2=C(O)c3cc([18F])ccc3S(=O)(=O)N2C)s1. The van der Waals surface area contributed by atoms with Crippen molar-refractivity contribution in [2.24, 2.45) is 0 Å². The number of anilines is 1. The Bertz CT molecular complexity index is 982. The summed E-state index contributed by atoms with van der Waals surface area (Å²) in [4.78, 5) is 16.9. The molecule has 0 bridgehead atoms. The van der Waals surface area contributed by atoms with E-state index in [1.807, 2.05) is 0 Å². The lowest BCUT2D eigenvalue weighted by Gasteiger charge is -2.28. The second-order valence-corrected chi connectivity index (χ2v) is 8.21. The molecule has 1 aromatic carbocycles. The van der Waals surface area contributed by atoms with Crippen molar-refractivity contribution in [3.05, 3.63) is 46.4 Å². The highest BCUT2D eigenvalue weighted by molar-refractivity contribution is 7.89. The van der Waals surface area contributed by atoms with E-state index in [9.17, 15) is 22.7 Å². The van der Waals surface area contributed by atoms with Crippen LogP contribution in [0.3, 0.4) is 0 Å². The number of carbonyl (C=O) groups is 1. The van der Waals surface area contributed by atoms with Gasteiger partial charge in [-0.2, -0.15) is 0 Å². The van der Waals surface area contributed by atoms with Crippen LogP contribution in [0.2, 0.25) is 0 Å². The molecule has 0 spiro atoms. The number of nitrogens with one attached hydrogen (secondary N) is 1. The van der Waals surface area contributed by atoms with Crippen LogP contribution in [0.25, 0.3) is 5.76 Å². The number of carbonyl (C=O) groups excluding carboxylic acids is 1. The summed E-state index contributed by atoms with van der Waals surface area (Å²) in [6, 6.07) is 2.89. The Kier molecular flexibility index (Phi) is 3.80. The zero-order valence-electron chi connectivity index (χ0n) is 12.6. The number of benzene rings is 1. The summed E-state index contributed by atoms with van der Waals surface area (Å²) in [7, 11) is -2.94. The van der Waals surface area contributed by atoms with Crippen LogP contribution in [0, 0.1) is 12.7 Å². The molecule has 3 rings (SSSR count). The number of thiazole rings is 1. The minimum Gasteiger partial charge on any atom is -0.505 e. The third-order valence-electron chi connectivity index (χ3n) is 3.43. The predicted octanol–water partition coefficient (Wildman–Crippen LogP) is 2.09. The predicted molar refractivity (Wildman–Crippen MR) is 86.4 cm³/mol. The topological polar surface area (TPSA) is 99.6 Å². The third-order valence-corrected chi connectivity index (χ3v) is 6.07. The Labute approximate surface area is 141 Å². The summed E-state index contributed by atoms with van der Waals surface area (Å²) in [5, 5.41) is 13.0. The fourth-order valence-electron chi connectivity index (χ4n) is 2.28. The Morgan fingerprint density at radius 1 is 1.42 bits per heavy atom. The molecule has 0 radical (unpaired) electrons. The van der Waals surface area contributed by atoms with Crippen molar-refractivity contribution in [1.29, 1.82) is 0 Å². The van der Waals surface area contributed by atoms with Crippen molar-refractivity contribution in [1.82, 2.24) is 9.29 Å². The molecule has 24 heavy (non-hydrogen) atoms. The zero-order chi connectivity index (χ0) is 17.6. The van der Waals surface area contributed by atoms with Crippen LogP contribution in [-0.4, -0.2) is 35.8 Å². The lowest BCUT2D eigenvalue weighted by atomic mass is 10.1. The summed E-state index contributed by atoms with van der Waals surface area (Å²) in [5.74, 6) is -2.20. The van der Waals surface area contributed by atoms with E-state index in [-0.39, 0.29) is 15.6 Å². The van der Waals surface area contributed by atoms with Gasteiger partial charge in [0.05, 0.1) is 4.90 Å². The molecule has 1 aliphatic heterocycles. The van der Waals surface area contributed by atoms with E-state index in [1.165, 1.54) is 11.3 Å². The van der Waals surface area contributed by atoms with Crippen molar-refractivity contribution in [2.45, 2.75) is 11.8 Å². The van der Waals surface area contributed by atoms with Crippen molar-refractivity contribution >= 4 is 38.2 Å². The molecule has 0 atom stereocenters. The number of amides is 1. The van der Waals surface area contributed by atoms with Crippen molar-refractivity contribution in [2.75, 3.05) is 12.4 Å². The van der Waals surface area contributed by atoms with Gasteiger partial charge < -0.3 is 5.11 Å². The quantitative estimate of drug-likeness (QED) is 0.846. The first-order valence-electron chi connectivity index (χ1n) is 6.67. The fourth-order valence-corrected chi connectivity index (χ4v) is 4.31. The third kappa shape index (κ3) is 2.53. The summed E-state index contributed by atoms with van der Waals surface area (Å²) in [6.45, 7) is 1.79. The van der Waals surface area contributed by atoms with Crippen LogP contribution in [0.1, 0.15) is 10.4 Å². The fraction of sp³-hybridized carbons (Fsp3) is 0.143. The van der Waals surface area contributed by atoms with Crippen LogP contribution in [0.15, 0.2) is 35.0 Å². The van der Waals surface area contributed by atoms with Crippen LogP contribution >= 0.6 is 11.3 Å². The standard InChI is InChI=1S/C14H12FN3O4S2/c1-7-6-16-14(23-7)17-13(20)11-12(19)9-5-8(15)3-4-10(9)24(21,22)18(11)2/h3-6,19H,1-2H3,(H,16,17,20)/i15-1. The molecular weight excluding hydrogens is 356 g/mol. The van der Waals surface area contributed by atoms with E-state index in [0.29, 0.717) is 4.31 Å². The lowest BCUT2D eigenvalue weighted by molar-refractivity contribution is -0.113. The molecule has 1 aliphatic rings. The Morgan fingerprint density at radius 3 is 2.75 bits per heavy atom. The zero-order valence-corrected chi connectivity index (χ0v) is 14.2. The lowest BCUT2D eigenvalue weighted by Crippen LogP contribution is -2.37. The molecule has 2 heterocycles. The smallest absolute Gasteiger partial charge is 0.278 e. The molecule has 0 saturated carbocycles. The summed E-state index contributed by atoms with van der Waals surface area (Å²) < 4.78 is 39.1. The van der Waals surface area contributed by atoms with Crippen LogP contribution in [0.4, 0.5) is 9.52 Å². The van der Waals surface area contributed by atoms with Crippen molar-refractivity contribution in [3.63, 3.8) is 0 Å². The van der Waals surface area contributed by atoms with E-state index in [4.69, 9.17) is 0 Å². The van der Waals surface area contributed by atoms with Gasteiger partial charge in [0.1, 0.15) is 5.82 Å². The van der Waals surface area contributed by atoms with E-state index in [0.717, 1.165) is 30.1 Å². The van der Waals surface area contributed by atoms with Gasteiger partial charge in [0.15, 0.2) is 16.6 Å². The van der Waals surface area contributed by atoms with Gasteiger partial charge in [-0.15, -0.1) is 11.3 Å². The van der Waals surface area contributed by atoms with Crippen LogP contribution < -0.4 is 5.32 Å². The largest absolute Gasteiger partial charge is 0.505 e. The van der Waals surface area contributed by atoms with Gasteiger partial charge in [0.2, 0.25) is 0 Å². The molecule has 0 aliphatic carbocycles. The second-order valence-electron chi connectivity index (χ2n) is 5.04. The first kappa shape index (κ1) is 16.4. The minimum atomic E-state index is -4.08. The Morgan fingerprint density at radius 2 is 2.12 bits per heavy atom. The molecule has 1 amide bonds. The molecule has 0 fully saturated rings. The average molecular weight is 368 g/mol. The van der Waals surface area contributed by atoms with Gasteiger partial charge >= 0.3 is 0 Å². The van der Waals surface area contributed by atoms with Crippen molar-refractivity contribution in [3.8, 4) is 0 Å². The molecular formula is C14H12FN3O4S2. The number of aliphatic hydroxyl groups is 1. The number of aliphatic hydroxyl groups excluding tert-OH is 1. The molecule has 10 heteroatoms. The maximum absolute atomic E-state index is 13.4. The monoisotopic (exact) mass is 368 g/mol. The highest BCUT2D eigenvalue weighted by atomic mass is 32.2. The molecule has 126 valence electrons. The normalized spacial score (nSPS) is 16.0. The van der Waals surface area contributed by atoms with E-state index in [2.05, 4.69) is 10.3 Å². The maximum atomic E-state index is 13.4. The summed E-state index contributed by atoms with van der Waals surface area (Å²) >= 11 is 1.20. The number of nitrogens with zero attached hydrogens (tertiary/aromatic N) is 2. The molecule has 2 N–H and O–H groups in total. The first-order chi connectivity index (χ1) is 11.2. The highest BCUT2D eigenvalue weighted by Gasteiger charge is 2.38. The van der Waals surface area contributed by atoms with Gasteiger partial charge in [0.25, 0.3) is 15.9 Å². The molecule has 0 unspecified atom stereocenters. The number of rotatable bonds is 2. The summed E-state index contributed by atoms with van der Waals surface area (Å²) in [6.07, 6.45) is 1.54. The van der Waals surface area contributed by atoms with Gasteiger partial charge in [-0.05, 0) is 25.1 Å². The molecule has 2 aromatic rings. The molecule has 7 nitrogen and oxygen atoms in total. The number of aryl methyl sites for hydroxylation is 1. The number of hydrogen-bond donors (Lipinski definition) is 2. The van der Waals surface area contributed by atoms with Crippen LogP contribution in [0.5, 0.6) is 0 Å². The number of likely N-dealkylation sites (N-methyl/N-ethyl adjacent to an activating group) is 1. The number of halogens is 1. The van der Waals surface area contributed by atoms with Gasteiger partial charge in [-0.1, -0.05) is 0 Å². The maximum Gasteiger partial charge on any atom is 0.278 e. The van der Waals surface area contributed by atoms with Gasteiger partial charge in [-0.3, -0.25) is 14.4 Å².